The Bertz CT molecular complexity index is 1390. The van der Waals surface area contributed by atoms with Gasteiger partial charge < -0.3 is 4.52 Å². The van der Waals surface area contributed by atoms with E-state index < -0.39 is 0 Å². The first kappa shape index (κ1) is 17.6. The van der Waals surface area contributed by atoms with Gasteiger partial charge in [-0.1, -0.05) is 59.4 Å². The number of benzene rings is 2. The number of para-hydroxylation sites is 1. The zero-order valence-electron chi connectivity index (χ0n) is 15.7. The van der Waals surface area contributed by atoms with Crippen molar-refractivity contribution in [3.8, 4) is 11.4 Å². The van der Waals surface area contributed by atoms with Gasteiger partial charge in [-0.3, -0.25) is 13.8 Å². The minimum Gasteiger partial charge on any atom is -0.338 e. The first-order valence-corrected chi connectivity index (χ1v) is 9.90. The van der Waals surface area contributed by atoms with Gasteiger partial charge in [-0.05, 0) is 19.1 Å². The van der Waals surface area contributed by atoms with E-state index in [1.54, 1.807) is 13.1 Å². The molecule has 0 saturated heterocycles. The van der Waals surface area contributed by atoms with Crippen molar-refractivity contribution in [1.29, 1.82) is 0 Å². The van der Waals surface area contributed by atoms with E-state index in [0.717, 1.165) is 11.1 Å². The number of hydrogen-bond donors (Lipinski definition) is 0. The van der Waals surface area contributed by atoms with Gasteiger partial charge in [0.1, 0.15) is 0 Å². The normalized spacial score (nSPS) is 12.6. The van der Waals surface area contributed by atoms with E-state index in [1.807, 2.05) is 59.9 Å². The second-order valence-electron chi connectivity index (χ2n) is 6.58. The molecule has 3 aromatic heterocycles. The zero-order valence-corrected chi connectivity index (χ0v) is 16.5. The van der Waals surface area contributed by atoms with Crippen molar-refractivity contribution in [2.45, 2.75) is 17.3 Å². The Morgan fingerprint density at radius 1 is 1.03 bits per heavy atom. The van der Waals surface area contributed by atoms with Crippen LogP contribution in [0, 0.1) is 0 Å². The summed E-state index contributed by atoms with van der Waals surface area (Å²) in [5.74, 6) is 1.53. The lowest BCUT2D eigenvalue weighted by molar-refractivity contribution is 0.380. The second kappa shape index (κ2) is 6.85. The maximum absolute atomic E-state index is 12.6. The fourth-order valence-corrected chi connectivity index (χ4v) is 4.09. The Balaban J connectivity index is 1.54. The molecule has 0 radical (unpaired) electrons. The van der Waals surface area contributed by atoms with Crippen LogP contribution in [0.15, 0.2) is 69.1 Å². The van der Waals surface area contributed by atoms with Gasteiger partial charge in [0.05, 0.1) is 16.2 Å². The van der Waals surface area contributed by atoms with Crippen LogP contribution >= 0.6 is 11.8 Å². The Morgan fingerprint density at radius 2 is 1.79 bits per heavy atom. The minimum absolute atomic E-state index is 0.102. The van der Waals surface area contributed by atoms with Crippen LogP contribution < -0.4 is 5.56 Å². The maximum Gasteiger partial charge on any atom is 0.262 e. The predicted octanol–water partition coefficient (Wildman–Crippen LogP) is 3.48. The molecule has 0 aliphatic carbocycles. The minimum atomic E-state index is -0.150. The number of hydrogen-bond acceptors (Lipinski definition) is 7. The Hall–Kier alpha value is -3.46. The highest BCUT2D eigenvalue weighted by Crippen LogP contribution is 2.34. The molecule has 0 N–H and O–H groups in total. The van der Waals surface area contributed by atoms with Crippen molar-refractivity contribution in [2.75, 3.05) is 0 Å². The van der Waals surface area contributed by atoms with E-state index in [4.69, 9.17) is 4.52 Å². The van der Waals surface area contributed by atoms with E-state index in [-0.39, 0.29) is 10.8 Å². The van der Waals surface area contributed by atoms with Crippen LogP contribution in [0.1, 0.15) is 18.1 Å². The van der Waals surface area contributed by atoms with Crippen molar-refractivity contribution < 1.29 is 4.52 Å². The highest BCUT2D eigenvalue weighted by Gasteiger charge is 2.21. The van der Waals surface area contributed by atoms with E-state index in [2.05, 4.69) is 20.3 Å². The molecule has 29 heavy (non-hydrogen) atoms. The Kier molecular flexibility index (Phi) is 4.17. The second-order valence-corrected chi connectivity index (χ2v) is 7.89. The smallest absolute Gasteiger partial charge is 0.262 e. The van der Waals surface area contributed by atoms with Crippen molar-refractivity contribution in [3.05, 3.63) is 70.8 Å². The maximum atomic E-state index is 12.6. The first-order valence-electron chi connectivity index (χ1n) is 9.02. The fraction of sp³-hybridized carbons (Fsp3) is 0.150. The quantitative estimate of drug-likeness (QED) is 0.424. The lowest BCUT2D eigenvalue weighted by atomic mass is 10.2. The molecule has 3 heterocycles. The molecule has 8 nitrogen and oxygen atoms in total. The highest BCUT2D eigenvalue weighted by atomic mass is 32.2. The molecular formula is C20H16N6O2S. The van der Waals surface area contributed by atoms with Gasteiger partial charge in [-0.25, -0.2) is 0 Å². The van der Waals surface area contributed by atoms with Crippen LogP contribution in [0.4, 0.5) is 0 Å². The molecule has 2 aromatic carbocycles. The third-order valence-corrected chi connectivity index (χ3v) is 5.73. The summed E-state index contributed by atoms with van der Waals surface area (Å²) < 4.78 is 8.86. The third kappa shape index (κ3) is 2.90. The van der Waals surface area contributed by atoms with Crippen molar-refractivity contribution >= 4 is 28.4 Å². The Morgan fingerprint density at radius 3 is 2.62 bits per heavy atom. The summed E-state index contributed by atoms with van der Waals surface area (Å²) in [6, 6.07) is 17.1. The average Bonchev–Trinajstić information content (AvgIpc) is 3.41. The molecule has 1 atom stereocenters. The van der Waals surface area contributed by atoms with Crippen LogP contribution in [-0.2, 0) is 7.05 Å². The molecule has 0 bridgehead atoms. The molecule has 0 aliphatic heterocycles. The molecule has 144 valence electrons. The topological polar surface area (TPSA) is 91.1 Å². The molecule has 0 aliphatic rings. The van der Waals surface area contributed by atoms with Crippen LogP contribution in [0.2, 0.25) is 0 Å². The molecule has 0 spiro atoms. The molecule has 0 saturated carbocycles. The lowest BCUT2D eigenvalue weighted by Gasteiger charge is -2.09. The summed E-state index contributed by atoms with van der Waals surface area (Å²) in [4.78, 5) is 17.1. The number of aryl methyl sites for hydroxylation is 1. The summed E-state index contributed by atoms with van der Waals surface area (Å²) in [5.41, 5.74) is 1.56. The molecule has 5 rings (SSSR count). The number of nitrogens with zero attached hydrogens (tertiary/aromatic N) is 6. The van der Waals surface area contributed by atoms with Crippen LogP contribution in [0.25, 0.3) is 28.1 Å². The molecule has 5 aromatic rings. The van der Waals surface area contributed by atoms with Crippen molar-refractivity contribution in [1.82, 2.24) is 29.3 Å². The van der Waals surface area contributed by atoms with E-state index in [1.165, 1.54) is 16.3 Å². The predicted molar refractivity (Wildman–Crippen MR) is 110 cm³/mol. The van der Waals surface area contributed by atoms with Crippen LogP contribution in [-0.4, -0.2) is 29.3 Å². The molecule has 9 heteroatoms. The number of thioether (sulfide) groups is 1. The van der Waals surface area contributed by atoms with Gasteiger partial charge in [0.25, 0.3) is 5.56 Å². The number of aromatic nitrogens is 6. The summed E-state index contributed by atoms with van der Waals surface area (Å²) in [6.07, 6.45) is 0. The molecule has 0 amide bonds. The summed E-state index contributed by atoms with van der Waals surface area (Å²) in [5, 5.41) is 13.7. The largest absolute Gasteiger partial charge is 0.338 e. The summed E-state index contributed by atoms with van der Waals surface area (Å²) >= 11 is 1.45. The zero-order chi connectivity index (χ0) is 20.0. The average molecular weight is 404 g/mol. The first-order chi connectivity index (χ1) is 14.1. The highest BCUT2D eigenvalue weighted by molar-refractivity contribution is 7.99. The van der Waals surface area contributed by atoms with Gasteiger partial charge in [-0.2, -0.15) is 4.98 Å². The van der Waals surface area contributed by atoms with Gasteiger partial charge >= 0.3 is 0 Å². The van der Waals surface area contributed by atoms with Crippen LogP contribution in [0.5, 0.6) is 0 Å². The molecule has 0 fully saturated rings. The fourth-order valence-electron chi connectivity index (χ4n) is 3.20. The van der Waals surface area contributed by atoms with Gasteiger partial charge in [0, 0.05) is 12.6 Å². The summed E-state index contributed by atoms with van der Waals surface area (Å²) in [6.45, 7) is 1.97. The molecule has 0 unspecified atom stereocenters. The Labute approximate surface area is 169 Å². The van der Waals surface area contributed by atoms with Crippen molar-refractivity contribution in [2.24, 2.45) is 7.05 Å². The molecular weight excluding hydrogens is 388 g/mol. The lowest BCUT2D eigenvalue weighted by Crippen LogP contribution is -2.20. The summed E-state index contributed by atoms with van der Waals surface area (Å²) in [7, 11) is 1.70. The standard InChI is InChI=1S/C20H16N6O2S/c1-12(17-21-16(24-28-17)13-8-4-3-5-9-13)29-20-23-22-19-25(2)18(27)14-10-6-7-11-15(14)26(19)20/h3-12H,1-2H3/t12-/m0/s1. The van der Waals surface area contributed by atoms with Gasteiger partial charge in [0.15, 0.2) is 5.16 Å². The number of rotatable bonds is 4. The van der Waals surface area contributed by atoms with E-state index in [9.17, 15) is 4.79 Å². The number of fused-ring (bicyclic) bond motifs is 3. The SMILES string of the molecule is C[C@H](Sc1nnc2n(C)c(=O)c3ccccc3n12)c1nc(-c2ccccc2)no1. The van der Waals surface area contributed by atoms with Crippen molar-refractivity contribution in [3.63, 3.8) is 0 Å². The third-order valence-electron chi connectivity index (χ3n) is 4.70. The van der Waals surface area contributed by atoms with Gasteiger partial charge in [0.2, 0.25) is 17.5 Å². The monoisotopic (exact) mass is 404 g/mol. The van der Waals surface area contributed by atoms with Gasteiger partial charge in [-0.15, -0.1) is 10.2 Å². The van der Waals surface area contributed by atoms with Crippen LogP contribution in [0.3, 0.4) is 0 Å². The van der Waals surface area contributed by atoms with E-state index in [0.29, 0.717) is 28.0 Å². The van der Waals surface area contributed by atoms with E-state index >= 15 is 0 Å².